The zero-order valence-electron chi connectivity index (χ0n) is 12.6. The molecule has 2 heterocycles. The molecule has 0 saturated carbocycles. The first kappa shape index (κ1) is 14.4. The highest BCUT2D eigenvalue weighted by Crippen LogP contribution is 2.29. The number of aromatic nitrogens is 3. The van der Waals surface area contributed by atoms with E-state index in [4.69, 9.17) is 4.74 Å². The summed E-state index contributed by atoms with van der Waals surface area (Å²) in [5.41, 5.74) is 0.309. The molecule has 1 amide bonds. The first-order valence-electron chi connectivity index (χ1n) is 7.25. The normalized spacial score (nSPS) is 18.0. The average Bonchev–Trinajstić information content (AvgIpc) is 3.03. The summed E-state index contributed by atoms with van der Waals surface area (Å²) in [6, 6.07) is 7.32. The number of benzene rings is 1. The van der Waals surface area contributed by atoms with Crippen LogP contribution in [0.25, 0.3) is 5.69 Å². The number of nitrogens with zero attached hydrogens (tertiary/aromatic N) is 3. The largest absolute Gasteiger partial charge is 0.492 e. The van der Waals surface area contributed by atoms with Gasteiger partial charge in [-0.05, 0) is 19.1 Å². The molecule has 0 spiro atoms. The number of nitrogens with one attached hydrogen (secondary N) is 1. The highest BCUT2D eigenvalue weighted by Gasteiger charge is 2.32. The van der Waals surface area contributed by atoms with E-state index < -0.39 is 0 Å². The lowest BCUT2D eigenvalue weighted by molar-refractivity contribution is -0.126. The number of likely N-dealkylation sites (tertiary alicyclic amines) is 1. The maximum atomic E-state index is 12.2. The van der Waals surface area contributed by atoms with Crippen LogP contribution in [0.2, 0.25) is 0 Å². The molecule has 3 rings (SSSR count). The van der Waals surface area contributed by atoms with E-state index in [2.05, 4.69) is 10.2 Å². The van der Waals surface area contributed by atoms with E-state index in [0.717, 1.165) is 0 Å². The molecule has 22 heavy (non-hydrogen) atoms. The Morgan fingerprint density at radius 1 is 1.36 bits per heavy atom. The molecule has 1 aliphatic heterocycles. The molecule has 116 valence electrons. The van der Waals surface area contributed by atoms with Gasteiger partial charge in [0.05, 0.1) is 12.3 Å². The van der Waals surface area contributed by atoms with Crippen LogP contribution in [0, 0.1) is 0 Å². The van der Waals surface area contributed by atoms with Gasteiger partial charge in [-0.25, -0.2) is 14.5 Å². The molecule has 7 nitrogen and oxygen atoms in total. The van der Waals surface area contributed by atoms with Gasteiger partial charge in [0.1, 0.15) is 11.6 Å². The quantitative estimate of drug-likeness (QED) is 0.910. The molecule has 1 fully saturated rings. The predicted molar refractivity (Wildman–Crippen MR) is 80.3 cm³/mol. The van der Waals surface area contributed by atoms with Gasteiger partial charge in [-0.3, -0.25) is 4.79 Å². The highest BCUT2D eigenvalue weighted by atomic mass is 16.5. The second-order valence-electron chi connectivity index (χ2n) is 5.30. The van der Waals surface area contributed by atoms with Crippen LogP contribution in [-0.4, -0.2) is 45.8 Å². The Labute approximate surface area is 127 Å². The second-order valence-corrected chi connectivity index (χ2v) is 5.30. The average molecular weight is 302 g/mol. The van der Waals surface area contributed by atoms with Crippen LogP contribution in [0.15, 0.2) is 29.1 Å². The lowest BCUT2D eigenvalue weighted by atomic mass is 10.1. The van der Waals surface area contributed by atoms with Crippen molar-refractivity contribution in [2.45, 2.75) is 19.3 Å². The number of ether oxygens (including phenoxy) is 1. The van der Waals surface area contributed by atoms with Crippen molar-refractivity contribution in [3.63, 3.8) is 0 Å². The Hall–Kier alpha value is -2.57. The molecule has 0 radical (unpaired) electrons. The summed E-state index contributed by atoms with van der Waals surface area (Å²) in [5.74, 6) is 1.14. The zero-order valence-corrected chi connectivity index (χ0v) is 12.6. The maximum Gasteiger partial charge on any atom is 0.348 e. The maximum absolute atomic E-state index is 12.2. The minimum atomic E-state index is -0.329. The molecule has 1 atom stereocenters. The van der Waals surface area contributed by atoms with Gasteiger partial charge < -0.3 is 9.64 Å². The van der Waals surface area contributed by atoms with Crippen molar-refractivity contribution in [3.05, 3.63) is 40.6 Å². The molecule has 0 aliphatic carbocycles. The number of carbonyl (C=O) groups excluding carboxylic acids is 1. The Morgan fingerprint density at radius 3 is 2.82 bits per heavy atom. The monoisotopic (exact) mass is 302 g/mol. The van der Waals surface area contributed by atoms with Crippen molar-refractivity contribution < 1.29 is 9.53 Å². The molecular formula is C15H18N4O3. The van der Waals surface area contributed by atoms with E-state index in [1.165, 1.54) is 4.57 Å². The van der Waals surface area contributed by atoms with Crippen LogP contribution >= 0.6 is 0 Å². The number of carbonyl (C=O) groups is 1. The summed E-state index contributed by atoms with van der Waals surface area (Å²) >= 11 is 0. The van der Waals surface area contributed by atoms with Crippen molar-refractivity contribution in [2.24, 2.45) is 0 Å². The molecular weight excluding hydrogens is 284 g/mol. The number of hydrogen-bond donors (Lipinski definition) is 1. The lowest BCUT2D eigenvalue weighted by Gasteiger charge is -2.14. The topological polar surface area (TPSA) is 80.2 Å². The van der Waals surface area contributed by atoms with Crippen LogP contribution in [0.3, 0.4) is 0 Å². The van der Waals surface area contributed by atoms with Gasteiger partial charge in [-0.1, -0.05) is 12.1 Å². The van der Waals surface area contributed by atoms with Crippen LogP contribution in [0.4, 0.5) is 0 Å². The summed E-state index contributed by atoms with van der Waals surface area (Å²) < 4.78 is 7.10. The van der Waals surface area contributed by atoms with Gasteiger partial charge in [0.2, 0.25) is 5.91 Å². The standard InChI is InChI=1S/C15H18N4O3/c1-3-22-12-7-5-4-6-11(12)19-14(16-17-15(19)21)10-8-13(20)18(2)9-10/h4-7,10H,3,8-9H2,1-2H3,(H,17,21)/t10-/m1/s1. The van der Waals surface area contributed by atoms with Crippen LogP contribution in [-0.2, 0) is 4.79 Å². The summed E-state index contributed by atoms with van der Waals surface area (Å²) in [6.07, 6.45) is 0.359. The van der Waals surface area contributed by atoms with Gasteiger partial charge in [0.25, 0.3) is 0 Å². The fraction of sp³-hybridized carbons (Fsp3) is 0.400. The lowest BCUT2D eigenvalue weighted by Crippen LogP contribution is -2.21. The van der Waals surface area contributed by atoms with E-state index in [1.54, 1.807) is 11.9 Å². The summed E-state index contributed by atoms with van der Waals surface area (Å²) in [7, 11) is 1.76. The molecule has 1 aromatic heterocycles. The minimum Gasteiger partial charge on any atom is -0.492 e. The van der Waals surface area contributed by atoms with Crippen molar-refractivity contribution >= 4 is 5.91 Å². The minimum absolute atomic E-state index is 0.0603. The number of para-hydroxylation sites is 2. The molecule has 1 N–H and O–H groups in total. The first-order chi connectivity index (χ1) is 10.6. The number of amides is 1. The Balaban J connectivity index is 2.07. The third-order valence-electron chi connectivity index (χ3n) is 3.81. The van der Waals surface area contributed by atoms with Gasteiger partial charge in [-0.15, -0.1) is 0 Å². The van der Waals surface area contributed by atoms with Gasteiger partial charge in [0.15, 0.2) is 0 Å². The molecule has 0 bridgehead atoms. The Morgan fingerprint density at radius 2 is 2.14 bits per heavy atom. The fourth-order valence-corrected chi connectivity index (χ4v) is 2.77. The number of H-pyrrole nitrogens is 1. The Bertz CT molecular complexity index is 749. The summed E-state index contributed by atoms with van der Waals surface area (Å²) in [4.78, 5) is 25.6. The van der Waals surface area contributed by atoms with Crippen molar-refractivity contribution in [3.8, 4) is 11.4 Å². The third kappa shape index (κ3) is 2.38. The van der Waals surface area contributed by atoms with Gasteiger partial charge in [-0.2, -0.15) is 5.10 Å². The van der Waals surface area contributed by atoms with Crippen LogP contribution in [0.1, 0.15) is 25.1 Å². The molecule has 1 saturated heterocycles. The van der Waals surface area contributed by atoms with Gasteiger partial charge >= 0.3 is 5.69 Å². The zero-order chi connectivity index (χ0) is 15.7. The fourth-order valence-electron chi connectivity index (χ4n) is 2.77. The van der Waals surface area contributed by atoms with Crippen molar-refractivity contribution in [1.29, 1.82) is 0 Å². The highest BCUT2D eigenvalue weighted by molar-refractivity contribution is 5.79. The van der Waals surface area contributed by atoms with E-state index in [-0.39, 0.29) is 17.5 Å². The number of aromatic amines is 1. The summed E-state index contributed by atoms with van der Waals surface area (Å²) in [6.45, 7) is 2.95. The molecule has 2 aromatic rings. The van der Waals surface area contributed by atoms with E-state index in [9.17, 15) is 9.59 Å². The van der Waals surface area contributed by atoms with Gasteiger partial charge in [0, 0.05) is 25.9 Å². The van der Waals surface area contributed by atoms with E-state index in [1.807, 2.05) is 31.2 Å². The summed E-state index contributed by atoms with van der Waals surface area (Å²) in [5, 5.41) is 6.62. The predicted octanol–water partition coefficient (Wildman–Crippen LogP) is 0.905. The number of hydrogen-bond acceptors (Lipinski definition) is 4. The molecule has 0 unspecified atom stereocenters. The van der Waals surface area contributed by atoms with E-state index >= 15 is 0 Å². The van der Waals surface area contributed by atoms with Crippen LogP contribution < -0.4 is 10.4 Å². The smallest absolute Gasteiger partial charge is 0.348 e. The van der Waals surface area contributed by atoms with Crippen molar-refractivity contribution in [1.82, 2.24) is 19.7 Å². The Kier molecular flexibility index (Phi) is 3.70. The molecule has 7 heteroatoms. The molecule has 1 aliphatic rings. The number of rotatable bonds is 4. The first-order valence-corrected chi connectivity index (χ1v) is 7.25. The van der Waals surface area contributed by atoms with E-state index in [0.29, 0.717) is 36.8 Å². The number of likely N-dealkylation sites (N-methyl/N-ethyl adjacent to an activating group) is 1. The second kappa shape index (κ2) is 5.67. The van der Waals surface area contributed by atoms with Crippen LogP contribution in [0.5, 0.6) is 5.75 Å². The molecule has 1 aromatic carbocycles. The van der Waals surface area contributed by atoms with Crippen molar-refractivity contribution in [2.75, 3.05) is 20.2 Å². The third-order valence-corrected chi connectivity index (χ3v) is 3.81. The SMILES string of the molecule is CCOc1ccccc1-n1c([C@@H]2CC(=O)N(C)C2)n[nH]c1=O.